The zero-order valence-electron chi connectivity index (χ0n) is 13.1. The van der Waals surface area contributed by atoms with Crippen molar-refractivity contribution in [2.45, 2.75) is 26.3 Å². The van der Waals surface area contributed by atoms with Crippen LogP contribution in [-0.4, -0.2) is 27.3 Å². The van der Waals surface area contributed by atoms with Gasteiger partial charge in [-0.05, 0) is 30.7 Å². The number of amides is 1. The topological polar surface area (TPSA) is 59.2 Å². The summed E-state index contributed by atoms with van der Waals surface area (Å²) in [6.45, 7) is 3.39. The van der Waals surface area contributed by atoms with Gasteiger partial charge in [0.2, 0.25) is 0 Å². The number of rotatable bonds is 6. The van der Waals surface area contributed by atoms with E-state index >= 15 is 0 Å². The zero-order valence-corrected chi connectivity index (χ0v) is 13.1. The smallest absolute Gasteiger partial charge is 0.254 e. The fraction of sp³-hybridized carbons (Fsp3) is 0.278. The van der Waals surface area contributed by atoms with Crippen molar-refractivity contribution in [2.75, 3.05) is 6.54 Å². The maximum Gasteiger partial charge on any atom is 0.254 e. The van der Waals surface area contributed by atoms with E-state index in [1.54, 1.807) is 31.0 Å². The molecular formula is C18H19N3O2. The van der Waals surface area contributed by atoms with Crippen LogP contribution in [0.4, 0.5) is 0 Å². The highest BCUT2D eigenvalue weighted by atomic mass is 16.3. The van der Waals surface area contributed by atoms with Crippen LogP contribution < -0.4 is 0 Å². The van der Waals surface area contributed by atoms with Gasteiger partial charge < -0.3 is 9.32 Å². The van der Waals surface area contributed by atoms with Crippen molar-refractivity contribution in [1.82, 2.24) is 14.9 Å². The monoisotopic (exact) mass is 309 g/mol. The first kappa shape index (κ1) is 15.2. The van der Waals surface area contributed by atoms with E-state index in [4.69, 9.17) is 4.42 Å². The fourth-order valence-corrected chi connectivity index (χ4v) is 2.48. The van der Waals surface area contributed by atoms with Crippen LogP contribution in [0.1, 0.15) is 35.7 Å². The maximum atomic E-state index is 12.9. The minimum Gasteiger partial charge on any atom is -0.472 e. The second kappa shape index (κ2) is 7.05. The molecule has 0 fully saturated rings. The SMILES string of the molecule is CCCCN(Cc1ccoc1)C(=O)c1ccc2nccnc2c1. The van der Waals surface area contributed by atoms with E-state index in [0.717, 1.165) is 36.0 Å². The molecule has 0 unspecified atom stereocenters. The number of hydrogen-bond donors (Lipinski definition) is 0. The summed E-state index contributed by atoms with van der Waals surface area (Å²) >= 11 is 0. The lowest BCUT2D eigenvalue weighted by molar-refractivity contribution is 0.0740. The van der Waals surface area contributed by atoms with Crippen molar-refractivity contribution >= 4 is 16.9 Å². The molecule has 5 heteroatoms. The van der Waals surface area contributed by atoms with Crippen molar-refractivity contribution in [3.8, 4) is 0 Å². The van der Waals surface area contributed by atoms with Crippen LogP contribution in [0.2, 0.25) is 0 Å². The summed E-state index contributed by atoms with van der Waals surface area (Å²) in [5.74, 6) is 0.00667. The predicted molar refractivity (Wildman–Crippen MR) is 87.9 cm³/mol. The molecule has 0 aliphatic rings. The number of carbonyl (C=O) groups is 1. The molecule has 118 valence electrons. The third-order valence-corrected chi connectivity index (χ3v) is 3.74. The van der Waals surface area contributed by atoms with E-state index < -0.39 is 0 Å². The first-order valence-corrected chi connectivity index (χ1v) is 7.79. The number of aromatic nitrogens is 2. The Morgan fingerprint density at radius 2 is 2.00 bits per heavy atom. The highest BCUT2D eigenvalue weighted by Gasteiger charge is 2.17. The van der Waals surface area contributed by atoms with Gasteiger partial charge in [0.15, 0.2) is 0 Å². The minimum absolute atomic E-state index is 0.00667. The van der Waals surface area contributed by atoms with E-state index in [9.17, 15) is 4.79 Å². The van der Waals surface area contributed by atoms with Crippen LogP contribution in [0.25, 0.3) is 11.0 Å². The molecule has 0 aliphatic heterocycles. The quantitative estimate of drug-likeness (QED) is 0.697. The Bertz CT molecular complexity index is 784. The van der Waals surface area contributed by atoms with Gasteiger partial charge in [0.1, 0.15) is 0 Å². The molecule has 0 bridgehead atoms. The molecule has 0 saturated heterocycles. The Kier molecular flexibility index (Phi) is 4.66. The summed E-state index contributed by atoms with van der Waals surface area (Å²) in [4.78, 5) is 23.2. The Balaban J connectivity index is 1.85. The number of hydrogen-bond acceptors (Lipinski definition) is 4. The zero-order chi connectivity index (χ0) is 16.1. The molecule has 0 atom stereocenters. The van der Waals surface area contributed by atoms with Gasteiger partial charge in [-0.15, -0.1) is 0 Å². The fourth-order valence-electron chi connectivity index (χ4n) is 2.48. The summed E-state index contributed by atoms with van der Waals surface area (Å²) in [6, 6.07) is 7.34. The first-order chi connectivity index (χ1) is 11.3. The molecule has 2 heterocycles. The molecule has 5 nitrogen and oxygen atoms in total. The largest absolute Gasteiger partial charge is 0.472 e. The van der Waals surface area contributed by atoms with Gasteiger partial charge in [0.25, 0.3) is 5.91 Å². The average Bonchev–Trinajstić information content (AvgIpc) is 3.10. The summed E-state index contributed by atoms with van der Waals surface area (Å²) < 4.78 is 5.11. The molecule has 0 aliphatic carbocycles. The summed E-state index contributed by atoms with van der Waals surface area (Å²) in [5.41, 5.74) is 3.16. The van der Waals surface area contributed by atoms with Crippen molar-refractivity contribution in [3.05, 3.63) is 60.3 Å². The molecular weight excluding hydrogens is 290 g/mol. The van der Waals surface area contributed by atoms with Crippen LogP contribution in [0.5, 0.6) is 0 Å². The number of carbonyl (C=O) groups excluding carboxylic acids is 1. The van der Waals surface area contributed by atoms with Crippen molar-refractivity contribution < 1.29 is 9.21 Å². The van der Waals surface area contributed by atoms with Crippen LogP contribution in [0.15, 0.2) is 53.6 Å². The van der Waals surface area contributed by atoms with Crippen molar-refractivity contribution in [3.63, 3.8) is 0 Å². The van der Waals surface area contributed by atoms with Gasteiger partial charge in [-0.3, -0.25) is 14.8 Å². The lowest BCUT2D eigenvalue weighted by Gasteiger charge is -2.22. The summed E-state index contributed by atoms with van der Waals surface area (Å²) in [7, 11) is 0. The van der Waals surface area contributed by atoms with Gasteiger partial charge in [-0.1, -0.05) is 13.3 Å². The molecule has 0 radical (unpaired) electrons. The van der Waals surface area contributed by atoms with Crippen LogP contribution in [0, 0.1) is 0 Å². The lowest BCUT2D eigenvalue weighted by atomic mass is 10.1. The lowest BCUT2D eigenvalue weighted by Crippen LogP contribution is -2.31. The molecule has 0 spiro atoms. The van der Waals surface area contributed by atoms with E-state index in [-0.39, 0.29) is 5.91 Å². The Labute approximate surface area is 135 Å². The van der Waals surface area contributed by atoms with Gasteiger partial charge in [0.05, 0.1) is 23.6 Å². The minimum atomic E-state index is 0.00667. The molecule has 0 saturated carbocycles. The number of benzene rings is 1. The molecule has 3 rings (SSSR count). The number of unbranched alkanes of at least 4 members (excludes halogenated alkanes) is 1. The average molecular weight is 309 g/mol. The third-order valence-electron chi connectivity index (χ3n) is 3.74. The number of fused-ring (bicyclic) bond motifs is 1. The highest BCUT2D eigenvalue weighted by Crippen LogP contribution is 2.15. The molecule has 1 amide bonds. The molecule has 0 N–H and O–H groups in total. The van der Waals surface area contributed by atoms with Crippen molar-refractivity contribution in [2.24, 2.45) is 0 Å². The van der Waals surface area contributed by atoms with Gasteiger partial charge in [0, 0.05) is 36.6 Å². The van der Waals surface area contributed by atoms with E-state index in [2.05, 4.69) is 16.9 Å². The van der Waals surface area contributed by atoms with Crippen LogP contribution in [0.3, 0.4) is 0 Å². The Hall–Kier alpha value is -2.69. The van der Waals surface area contributed by atoms with Gasteiger partial charge in [-0.2, -0.15) is 0 Å². The number of nitrogens with zero attached hydrogens (tertiary/aromatic N) is 3. The number of furan rings is 1. The molecule has 23 heavy (non-hydrogen) atoms. The van der Waals surface area contributed by atoms with E-state index in [0.29, 0.717) is 12.1 Å². The molecule has 1 aromatic carbocycles. The Morgan fingerprint density at radius 3 is 2.74 bits per heavy atom. The van der Waals surface area contributed by atoms with E-state index in [1.165, 1.54) is 0 Å². The van der Waals surface area contributed by atoms with Crippen molar-refractivity contribution in [1.29, 1.82) is 0 Å². The van der Waals surface area contributed by atoms with Gasteiger partial charge in [-0.25, -0.2) is 0 Å². The highest BCUT2D eigenvalue weighted by molar-refractivity contribution is 5.97. The maximum absolute atomic E-state index is 12.9. The Morgan fingerprint density at radius 1 is 1.17 bits per heavy atom. The molecule has 2 aromatic heterocycles. The second-order valence-corrected chi connectivity index (χ2v) is 5.47. The van der Waals surface area contributed by atoms with Crippen LogP contribution >= 0.6 is 0 Å². The third kappa shape index (κ3) is 3.56. The summed E-state index contributed by atoms with van der Waals surface area (Å²) in [6.07, 6.45) is 8.60. The van der Waals surface area contributed by atoms with Crippen LogP contribution in [-0.2, 0) is 6.54 Å². The predicted octanol–water partition coefficient (Wildman–Crippen LogP) is 3.67. The second-order valence-electron chi connectivity index (χ2n) is 5.47. The van der Waals surface area contributed by atoms with Gasteiger partial charge >= 0.3 is 0 Å². The first-order valence-electron chi connectivity index (χ1n) is 7.79. The van der Waals surface area contributed by atoms with E-state index in [1.807, 2.05) is 23.1 Å². The molecule has 3 aromatic rings. The summed E-state index contributed by atoms with van der Waals surface area (Å²) in [5, 5.41) is 0. The standard InChI is InChI=1S/C18H19N3O2/c1-2-3-9-21(12-14-6-10-23-13-14)18(22)15-4-5-16-17(11-15)20-8-7-19-16/h4-8,10-11,13H,2-3,9,12H2,1H3. The normalized spacial score (nSPS) is 10.8.